The zero-order valence-corrected chi connectivity index (χ0v) is 9.99. The fourth-order valence-electron chi connectivity index (χ4n) is 2.57. The van der Waals surface area contributed by atoms with Crippen LogP contribution in [0.2, 0.25) is 0 Å². The Balaban J connectivity index is 2.29. The molecule has 1 unspecified atom stereocenters. The first kappa shape index (κ1) is 9.61. The van der Waals surface area contributed by atoms with Crippen molar-refractivity contribution in [3.63, 3.8) is 0 Å². The smallest absolute Gasteiger partial charge is 0.150 e. The Hall–Kier alpha value is -1.60. The molecule has 80 valence electrons. The van der Waals surface area contributed by atoms with Gasteiger partial charge in [0, 0.05) is 23.8 Å². The summed E-state index contributed by atoms with van der Waals surface area (Å²) in [5.41, 5.74) is 6.82. The Bertz CT molecular complexity index is 561. The van der Waals surface area contributed by atoms with Crippen LogP contribution in [0.25, 0.3) is 6.08 Å². The Labute approximate surface area is 96.6 Å². The summed E-state index contributed by atoms with van der Waals surface area (Å²) in [6, 6.07) is 6.55. The molecule has 16 heavy (non-hydrogen) atoms. The molecular formula is C15H16N+. The van der Waals surface area contributed by atoms with E-state index >= 15 is 0 Å². The number of aryl methyl sites for hydroxylation is 1. The van der Waals surface area contributed by atoms with Gasteiger partial charge in [-0.2, -0.15) is 0 Å². The second kappa shape index (κ2) is 2.96. The lowest BCUT2D eigenvalue weighted by atomic mass is 10.1. The highest BCUT2D eigenvalue weighted by Crippen LogP contribution is 2.43. The van der Waals surface area contributed by atoms with E-state index < -0.39 is 0 Å². The highest BCUT2D eigenvalue weighted by Gasteiger charge is 2.37. The summed E-state index contributed by atoms with van der Waals surface area (Å²) in [6.07, 6.45) is 9.07. The molecule has 0 bridgehead atoms. The van der Waals surface area contributed by atoms with E-state index in [0.29, 0.717) is 0 Å². The van der Waals surface area contributed by atoms with E-state index in [2.05, 4.69) is 63.5 Å². The third-order valence-electron chi connectivity index (χ3n) is 3.64. The molecule has 0 amide bonds. The molecule has 1 aromatic carbocycles. The molecule has 0 saturated heterocycles. The maximum absolute atomic E-state index is 2.32. The van der Waals surface area contributed by atoms with E-state index in [9.17, 15) is 0 Å². The maximum Gasteiger partial charge on any atom is 0.150 e. The van der Waals surface area contributed by atoms with Crippen molar-refractivity contribution >= 4 is 11.8 Å². The lowest BCUT2D eigenvalue weighted by molar-refractivity contribution is 0.570. The average Bonchev–Trinajstić information content (AvgIpc) is 2.54. The minimum atomic E-state index is 0.814. The van der Waals surface area contributed by atoms with E-state index in [-0.39, 0.29) is 0 Å². The van der Waals surface area contributed by atoms with Crippen molar-refractivity contribution in [1.29, 1.82) is 0 Å². The predicted molar refractivity (Wildman–Crippen MR) is 69.8 cm³/mol. The van der Waals surface area contributed by atoms with Crippen molar-refractivity contribution in [2.75, 3.05) is 7.05 Å². The molecule has 0 spiro atoms. The molecule has 1 heteroatoms. The molecular weight excluding hydrogens is 194 g/mol. The van der Waals surface area contributed by atoms with E-state index in [4.69, 9.17) is 0 Å². The zero-order valence-electron chi connectivity index (χ0n) is 9.99. The van der Waals surface area contributed by atoms with Crippen LogP contribution in [0.1, 0.15) is 18.1 Å². The van der Waals surface area contributed by atoms with Crippen LogP contribution in [0.4, 0.5) is 5.69 Å². The molecule has 0 radical (unpaired) electrons. The second-order valence-electron chi connectivity index (χ2n) is 4.86. The fraction of sp³-hybridized carbons (Fsp3) is 0.200. The Morgan fingerprint density at radius 1 is 1.06 bits per heavy atom. The Kier molecular flexibility index (Phi) is 1.78. The van der Waals surface area contributed by atoms with Gasteiger partial charge in [0.05, 0.1) is 7.05 Å². The van der Waals surface area contributed by atoms with Crippen LogP contribution >= 0.6 is 0 Å². The maximum atomic E-state index is 2.32. The van der Waals surface area contributed by atoms with Crippen LogP contribution in [-0.2, 0) is 0 Å². The lowest BCUT2D eigenvalue weighted by Gasteiger charge is -2.29. The van der Waals surface area contributed by atoms with Gasteiger partial charge in [0.25, 0.3) is 0 Å². The summed E-state index contributed by atoms with van der Waals surface area (Å²) in [4.78, 5) is 0. The summed E-state index contributed by atoms with van der Waals surface area (Å²) in [5, 5.41) is 0. The molecule has 1 nitrogen and oxygen atoms in total. The largest absolute Gasteiger partial charge is 0.235 e. The van der Waals surface area contributed by atoms with Crippen molar-refractivity contribution in [3.8, 4) is 0 Å². The van der Waals surface area contributed by atoms with Crippen molar-refractivity contribution < 1.29 is 0 Å². The number of likely N-dealkylation sites (N-methyl/N-ethyl adjacent to an activating group) is 1. The fourth-order valence-corrected chi connectivity index (χ4v) is 2.57. The van der Waals surface area contributed by atoms with Crippen LogP contribution in [0.3, 0.4) is 0 Å². The molecule has 2 aliphatic heterocycles. The van der Waals surface area contributed by atoms with E-state index in [1.807, 2.05) is 0 Å². The Morgan fingerprint density at radius 3 is 2.69 bits per heavy atom. The van der Waals surface area contributed by atoms with Gasteiger partial charge in [-0.15, -0.1) is 0 Å². The minimum absolute atomic E-state index is 0.814. The standard InChI is InChI=1S/C15H16N/c1-11-7-8-16(3)13(9-11)10-14-12(2)5-4-6-15(14)16/h4-10H,1-3H3/q+1. The molecule has 2 heterocycles. The lowest BCUT2D eigenvalue weighted by Crippen LogP contribution is -2.36. The number of hydrogen-bond donors (Lipinski definition) is 0. The summed E-state index contributed by atoms with van der Waals surface area (Å²) < 4.78 is 0.814. The van der Waals surface area contributed by atoms with E-state index in [0.717, 1.165) is 4.48 Å². The van der Waals surface area contributed by atoms with Gasteiger partial charge in [-0.25, -0.2) is 4.48 Å². The van der Waals surface area contributed by atoms with E-state index in [1.165, 1.54) is 28.1 Å². The van der Waals surface area contributed by atoms with Crippen LogP contribution in [-0.4, -0.2) is 7.05 Å². The van der Waals surface area contributed by atoms with Crippen LogP contribution in [0, 0.1) is 6.92 Å². The van der Waals surface area contributed by atoms with Gasteiger partial charge in [-0.3, -0.25) is 0 Å². The van der Waals surface area contributed by atoms with Gasteiger partial charge in [0.2, 0.25) is 0 Å². The molecule has 0 saturated carbocycles. The topological polar surface area (TPSA) is 0 Å². The Morgan fingerprint density at radius 2 is 1.88 bits per heavy atom. The summed E-state index contributed by atoms with van der Waals surface area (Å²) in [5.74, 6) is 0. The number of rotatable bonds is 0. The minimum Gasteiger partial charge on any atom is -0.235 e. The predicted octanol–water partition coefficient (Wildman–Crippen LogP) is 3.76. The number of allylic oxidation sites excluding steroid dienone is 3. The van der Waals surface area contributed by atoms with E-state index in [1.54, 1.807) is 0 Å². The van der Waals surface area contributed by atoms with Gasteiger partial charge in [-0.05, 0) is 31.1 Å². The molecule has 0 N–H and O–H groups in total. The second-order valence-corrected chi connectivity index (χ2v) is 4.86. The number of fused-ring (bicyclic) bond motifs is 3. The monoisotopic (exact) mass is 210 g/mol. The number of hydrogen-bond acceptors (Lipinski definition) is 0. The van der Waals surface area contributed by atoms with Gasteiger partial charge in [-0.1, -0.05) is 12.1 Å². The zero-order chi connectivity index (χ0) is 11.3. The van der Waals surface area contributed by atoms with Gasteiger partial charge >= 0.3 is 0 Å². The average molecular weight is 210 g/mol. The SMILES string of the molecule is CC1=CC2=Cc3c(C)cccc3[N+]2(C)C=C1. The summed E-state index contributed by atoms with van der Waals surface area (Å²) in [6.45, 7) is 4.33. The number of nitrogens with zero attached hydrogens (tertiary/aromatic N) is 1. The first-order chi connectivity index (χ1) is 7.61. The normalized spacial score (nSPS) is 25.9. The van der Waals surface area contributed by atoms with Crippen molar-refractivity contribution in [3.05, 3.63) is 58.9 Å². The van der Waals surface area contributed by atoms with Crippen LogP contribution in [0.15, 0.2) is 47.8 Å². The van der Waals surface area contributed by atoms with Gasteiger partial charge in [0.1, 0.15) is 17.6 Å². The highest BCUT2D eigenvalue weighted by molar-refractivity contribution is 5.82. The molecule has 0 fully saturated rings. The molecule has 0 aliphatic carbocycles. The quantitative estimate of drug-likeness (QED) is 0.572. The number of benzene rings is 1. The summed E-state index contributed by atoms with van der Waals surface area (Å²) >= 11 is 0. The van der Waals surface area contributed by atoms with Crippen molar-refractivity contribution in [2.45, 2.75) is 13.8 Å². The molecule has 0 aromatic heterocycles. The molecule has 3 rings (SSSR count). The van der Waals surface area contributed by atoms with Crippen LogP contribution < -0.4 is 4.48 Å². The molecule has 2 aliphatic rings. The number of quaternary nitrogens is 1. The van der Waals surface area contributed by atoms with Gasteiger partial charge in [0.15, 0.2) is 0 Å². The third-order valence-corrected chi connectivity index (χ3v) is 3.64. The summed E-state index contributed by atoms with van der Waals surface area (Å²) in [7, 11) is 2.25. The van der Waals surface area contributed by atoms with Gasteiger partial charge < -0.3 is 0 Å². The van der Waals surface area contributed by atoms with Crippen molar-refractivity contribution in [1.82, 2.24) is 4.48 Å². The molecule has 1 atom stereocenters. The molecule has 1 aromatic rings. The third kappa shape index (κ3) is 1.09. The van der Waals surface area contributed by atoms with Crippen molar-refractivity contribution in [2.24, 2.45) is 0 Å². The first-order valence-corrected chi connectivity index (χ1v) is 5.67. The first-order valence-electron chi connectivity index (χ1n) is 5.67. The highest BCUT2D eigenvalue weighted by atomic mass is 15.3. The van der Waals surface area contributed by atoms with Crippen LogP contribution in [0.5, 0.6) is 0 Å².